The van der Waals surface area contributed by atoms with Crippen molar-refractivity contribution in [3.05, 3.63) is 0 Å². The Kier molecular flexibility index (Phi) is 150. The summed E-state index contributed by atoms with van der Waals surface area (Å²) in [4.78, 5) is 0. The standard InChI is InChI=1S/Cu.Ge.Ni.Sn. The minimum atomic E-state index is 0. The molecule has 0 spiro atoms. The van der Waals surface area contributed by atoms with Gasteiger partial charge in [-0.05, 0) is 0 Å². The van der Waals surface area contributed by atoms with E-state index in [-0.39, 0.29) is 75.1 Å². The molecule has 0 heterocycles. The maximum Gasteiger partial charge on any atom is 0 e. The molecule has 0 nitrogen and oxygen atoms in total. The van der Waals surface area contributed by atoms with Crippen molar-refractivity contribution in [2.75, 3.05) is 0 Å². The first-order valence-corrected chi connectivity index (χ1v) is 0. The third kappa shape index (κ3) is 8.84. The van der Waals surface area contributed by atoms with Gasteiger partial charge >= 0.3 is 0 Å². The zero-order valence-electron chi connectivity index (χ0n) is 1.62. The molecule has 0 rings (SSSR count). The first-order valence-electron chi connectivity index (χ1n) is 0. The minimum Gasteiger partial charge on any atom is 0 e. The van der Waals surface area contributed by atoms with E-state index in [1.807, 2.05) is 0 Å². The summed E-state index contributed by atoms with van der Waals surface area (Å²) in [6.45, 7) is 0. The van der Waals surface area contributed by atoms with Crippen molar-refractivity contribution in [2.45, 2.75) is 0 Å². The number of hydrogen-bond acceptors (Lipinski definition) is 0. The monoisotopic (exact) mass is 315 g/mol. The van der Waals surface area contributed by atoms with Crippen LogP contribution in [0, 0.1) is 0 Å². The fourth-order valence-corrected chi connectivity index (χ4v) is 0. The molecule has 0 fully saturated rings. The quantitative estimate of drug-likeness (QED) is 0.516. The third-order valence-corrected chi connectivity index (χ3v) is 0. The van der Waals surface area contributed by atoms with Crippen molar-refractivity contribution < 1.29 is 33.6 Å². The first-order chi connectivity index (χ1) is 0. The van der Waals surface area contributed by atoms with Crippen LogP contribution < -0.4 is 0 Å². The molecule has 9 radical (unpaired) electrons. The van der Waals surface area contributed by atoms with Gasteiger partial charge in [0.1, 0.15) is 0 Å². The van der Waals surface area contributed by atoms with E-state index in [9.17, 15) is 0 Å². The Hall–Kier alpha value is 2.35. The molecule has 0 aliphatic carbocycles. The van der Waals surface area contributed by atoms with Crippen LogP contribution in [0.2, 0.25) is 0 Å². The SMILES string of the molecule is [Cu].[Ge].[Ni].[Sn]. The van der Waals surface area contributed by atoms with Gasteiger partial charge in [0.25, 0.3) is 0 Å². The molecule has 0 bridgehead atoms. The molecule has 0 aromatic heterocycles. The summed E-state index contributed by atoms with van der Waals surface area (Å²) in [6.07, 6.45) is 0. The fraction of sp³-hybridized carbons (Fsp3) is 0. The van der Waals surface area contributed by atoms with Crippen LogP contribution in [0.15, 0.2) is 0 Å². The second-order valence-electron chi connectivity index (χ2n) is 0. The Balaban J connectivity index is 0. The molecular weight excluding hydrogens is 314 g/mol. The van der Waals surface area contributed by atoms with Crippen molar-refractivity contribution in [3.63, 3.8) is 0 Å². The number of rotatable bonds is 0. The van der Waals surface area contributed by atoms with E-state index in [2.05, 4.69) is 0 Å². The van der Waals surface area contributed by atoms with E-state index in [0.717, 1.165) is 0 Å². The Morgan fingerprint density at radius 2 is 1.00 bits per heavy atom. The molecular formula is CuGeNiSn. The molecule has 29 valence electrons. The van der Waals surface area contributed by atoms with E-state index < -0.39 is 0 Å². The average Bonchev–Trinajstić information content (AvgIpc) is 0. The van der Waals surface area contributed by atoms with Crippen molar-refractivity contribution in [3.8, 4) is 0 Å². The summed E-state index contributed by atoms with van der Waals surface area (Å²) in [5, 5.41) is 0. The maximum absolute atomic E-state index is 0. The Labute approximate surface area is 74.2 Å². The van der Waals surface area contributed by atoms with E-state index in [4.69, 9.17) is 0 Å². The van der Waals surface area contributed by atoms with Crippen LogP contribution in [0.4, 0.5) is 0 Å². The van der Waals surface area contributed by atoms with E-state index in [0.29, 0.717) is 0 Å². The van der Waals surface area contributed by atoms with Crippen molar-refractivity contribution >= 4 is 41.5 Å². The minimum absolute atomic E-state index is 0. The molecule has 0 aliphatic rings. The van der Waals surface area contributed by atoms with Gasteiger partial charge in [0, 0.05) is 75.1 Å². The number of hydrogen-bond donors (Lipinski definition) is 0. The second kappa shape index (κ2) is 18.3. The Morgan fingerprint density at radius 3 is 1.00 bits per heavy atom. The van der Waals surface area contributed by atoms with E-state index in [1.54, 1.807) is 0 Å². The molecule has 0 saturated carbocycles. The molecule has 0 atom stereocenters. The van der Waals surface area contributed by atoms with Crippen molar-refractivity contribution in [1.82, 2.24) is 0 Å². The van der Waals surface area contributed by atoms with Gasteiger partial charge in [-0.15, -0.1) is 0 Å². The van der Waals surface area contributed by atoms with Crippen LogP contribution in [-0.4, -0.2) is 41.5 Å². The smallest absolute Gasteiger partial charge is 0 e. The van der Waals surface area contributed by atoms with Crippen LogP contribution in [0.5, 0.6) is 0 Å². The summed E-state index contributed by atoms with van der Waals surface area (Å²) < 4.78 is 0. The molecule has 4 heavy (non-hydrogen) atoms. The molecule has 0 unspecified atom stereocenters. The van der Waals surface area contributed by atoms with Gasteiger partial charge in [-0.2, -0.15) is 0 Å². The molecule has 0 aliphatic heterocycles. The maximum atomic E-state index is 0. The zero-order chi connectivity index (χ0) is 0. The van der Waals surface area contributed by atoms with Gasteiger partial charge in [-0.25, -0.2) is 0 Å². The van der Waals surface area contributed by atoms with Crippen molar-refractivity contribution in [2.24, 2.45) is 0 Å². The summed E-state index contributed by atoms with van der Waals surface area (Å²) in [7, 11) is 0. The summed E-state index contributed by atoms with van der Waals surface area (Å²) in [5.41, 5.74) is 0. The van der Waals surface area contributed by atoms with Crippen LogP contribution in [0.3, 0.4) is 0 Å². The Morgan fingerprint density at radius 1 is 1.00 bits per heavy atom. The van der Waals surface area contributed by atoms with E-state index >= 15 is 0 Å². The molecule has 0 saturated heterocycles. The molecule has 0 amide bonds. The molecule has 4 heteroatoms. The van der Waals surface area contributed by atoms with Crippen LogP contribution in [-0.2, 0) is 33.6 Å². The van der Waals surface area contributed by atoms with Gasteiger partial charge in [0.15, 0.2) is 0 Å². The third-order valence-electron chi connectivity index (χ3n) is 0. The summed E-state index contributed by atoms with van der Waals surface area (Å²) in [6, 6.07) is 0. The van der Waals surface area contributed by atoms with E-state index in [1.165, 1.54) is 0 Å². The van der Waals surface area contributed by atoms with Gasteiger partial charge in [0.05, 0.1) is 0 Å². The largest absolute Gasteiger partial charge is 0 e. The van der Waals surface area contributed by atoms with Crippen LogP contribution in [0.25, 0.3) is 0 Å². The van der Waals surface area contributed by atoms with Gasteiger partial charge in [-0.3, -0.25) is 0 Å². The predicted octanol–water partition coefficient (Wildman–Crippen LogP) is -0.767. The normalized spacial score (nSPS) is 0. The zero-order valence-corrected chi connectivity index (χ0v) is 8.50. The summed E-state index contributed by atoms with van der Waals surface area (Å²) in [5.74, 6) is 0. The van der Waals surface area contributed by atoms with Gasteiger partial charge in [-0.1, -0.05) is 0 Å². The van der Waals surface area contributed by atoms with Crippen molar-refractivity contribution in [1.29, 1.82) is 0 Å². The Bertz CT molecular complexity index is 8.00. The molecule has 0 N–H and O–H groups in total. The molecule has 0 aromatic rings. The van der Waals surface area contributed by atoms with Crippen LogP contribution >= 0.6 is 0 Å². The topological polar surface area (TPSA) is 0 Å². The predicted molar refractivity (Wildman–Crippen MR) is 11.5 cm³/mol. The second-order valence-corrected chi connectivity index (χ2v) is 0. The average molecular weight is 314 g/mol. The van der Waals surface area contributed by atoms with Gasteiger partial charge < -0.3 is 0 Å². The summed E-state index contributed by atoms with van der Waals surface area (Å²) >= 11 is 0. The first kappa shape index (κ1) is 32.9. The fourth-order valence-electron chi connectivity index (χ4n) is 0. The molecule has 0 aromatic carbocycles. The van der Waals surface area contributed by atoms with Crippen LogP contribution in [0.1, 0.15) is 0 Å². The van der Waals surface area contributed by atoms with Gasteiger partial charge in [0.2, 0.25) is 0 Å².